The zero-order valence-corrected chi connectivity index (χ0v) is 21.9. The maximum Gasteiger partial charge on any atom is 0.338 e. The number of hydrogen-bond donors (Lipinski definition) is 1. The van der Waals surface area contributed by atoms with Gasteiger partial charge < -0.3 is 10.1 Å². The van der Waals surface area contributed by atoms with Crippen LogP contribution < -0.4 is 9.62 Å². The third-order valence-electron chi connectivity index (χ3n) is 5.73. The van der Waals surface area contributed by atoms with Gasteiger partial charge in [0.15, 0.2) is 12.4 Å². The van der Waals surface area contributed by atoms with Crippen LogP contribution in [0.25, 0.3) is 0 Å². The van der Waals surface area contributed by atoms with Gasteiger partial charge in [-0.3, -0.25) is 13.9 Å². The van der Waals surface area contributed by atoms with Gasteiger partial charge in [-0.15, -0.1) is 0 Å². The van der Waals surface area contributed by atoms with E-state index in [9.17, 15) is 22.8 Å². The molecule has 0 bridgehead atoms. The van der Waals surface area contributed by atoms with E-state index < -0.39 is 28.4 Å². The van der Waals surface area contributed by atoms with Crippen LogP contribution in [0.1, 0.15) is 33.2 Å². The van der Waals surface area contributed by atoms with E-state index >= 15 is 0 Å². The Balaban J connectivity index is 1.51. The maximum atomic E-state index is 13.8. The predicted octanol–water partition coefficient (Wildman–Crippen LogP) is 5.08. The van der Waals surface area contributed by atoms with E-state index in [2.05, 4.69) is 5.32 Å². The number of nitrogens with one attached hydrogen (secondary N) is 1. The van der Waals surface area contributed by atoms with Gasteiger partial charge in [-0.05, 0) is 60.2 Å². The van der Waals surface area contributed by atoms with Crippen molar-refractivity contribution in [3.05, 3.63) is 126 Å². The van der Waals surface area contributed by atoms with E-state index in [1.54, 1.807) is 42.5 Å². The Bertz CT molecular complexity index is 1570. The molecule has 0 unspecified atom stereocenters. The molecule has 1 amide bonds. The summed E-state index contributed by atoms with van der Waals surface area (Å²) in [4.78, 5) is 36.3. The van der Waals surface area contributed by atoms with Crippen LogP contribution in [0.2, 0.25) is 0 Å². The summed E-state index contributed by atoms with van der Waals surface area (Å²) in [6.45, 7) is 0.942. The van der Waals surface area contributed by atoms with Gasteiger partial charge in [-0.1, -0.05) is 54.6 Å². The molecule has 9 heteroatoms. The summed E-state index contributed by atoms with van der Waals surface area (Å²) < 4.78 is 34.0. The monoisotopic (exact) mass is 542 g/mol. The molecule has 0 radical (unpaired) electrons. The zero-order valence-electron chi connectivity index (χ0n) is 21.1. The van der Waals surface area contributed by atoms with Crippen LogP contribution in [-0.4, -0.2) is 32.7 Å². The lowest BCUT2D eigenvalue weighted by Crippen LogP contribution is -2.30. The van der Waals surface area contributed by atoms with Crippen LogP contribution in [0.4, 0.5) is 11.4 Å². The van der Waals surface area contributed by atoms with Gasteiger partial charge in [0.25, 0.3) is 10.0 Å². The number of ketones is 1. The van der Waals surface area contributed by atoms with Gasteiger partial charge in [0, 0.05) is 18.2 Å². The van der Waals surface area contributed by atoms with E-state index in [0.717, 1.165) is 5.56 Å². The number of rotatable bonds is 10. The van der Waals surface area contributed by atoms with Crippen molar-refractivity contribution in [1.82, 2.24) is 0 Å². The van der Waals surface area contributed by atoms with E-state index in [1.807, 2.05) is 30.3 Å². The molecule has 0 saturated heterocycles. The molecule has 0 atom stereocenters. The molecule has 0 aliphatic heterocycles. The van der Waals surface area contributed by atoms with E-state index in [1.165, 1.54) is 47.6 Å². The second-order valence-corrected chi connectivity index (χ2v) is 10.5. The number of benzene rings is 4. The second-order valence-electron chi connectivity index (χ2n) is 8.62. The number of esters is 1. The number of carbonyl (C=O) groups excluding carboxylic acids is 3. The van der Waals surface area contributed by atoms with Crippen molar-refractivity contribution in [2.24, 2.45) is 0 Å². The highest BCUT2D eigenvalue weighted by Gasteiger charge is 2.26. The summed E-state index contributed by atoms with van der Waals surface area (Å²) in [5.41, 5.74) is 2.10. The lowest BCUT2D eigenvalue weighted by atomic mass is 10.1. The molecule has 0 heterocycles. The number of hydrogen-bond acceptors (Lipinski definition) is 6. The van der Waals surface area contributed by atoms with Crippen LogP contribution in [0.5, 0.6) is 0 Å². The first-order valence-corrected chi connectivity index (χ1v) is 13.5. The topological polar surface area (TPSA) is 110 Å². The summed E-state index contributed by atoms with van der Waals surface area (Å²) >= 11 is 0. The Morgan fingerprint density at radius 2 is 1.41 bits per heavy atom. The molecular formula is C30H26N2O6S. The number of anilines is 2. The Hall–Kier alpha value is -4.76. The minimum Gasteiger partial charge on any atom is -0.454 e. The fourth-order valence-corrected chi connectivity index (χ4v) is 5.31. The molecule has 0 aromatic heterocycles. The Kier molecular flexibility index (Phi) is 8.53. The number of amides is 1. The molecule has 1 N–H and O–H groups in total. The lowest BCUT2D eigenvalue weighted by Gasteiger charge is -2.25. The average Bonchev–Trinajstić information content (AvgIpc) is 2.95. The van der Waals surface area contributed by atoms with Crippen LogP contribution in [0, 0.1) is 0 Å². The number of carbonyl (C=O) groups is 3. The minimum atomic E-state index is -4.07. The van der Waals surface area contributed by atoms with Crippen LogP contribution >= 0.6 is 0 Å². The standard InChI is InChI=1S/C30H26N2O6S/c1-22(33)31-26-17-15-24(16-18-26)29(34)21-38-30(35)25-11-8-14-28(19-25)39(36,37)32(27-12-6-3-7-13-27)20-23-9-4-2-5-10-23/h2-19H,20-21H2,1H3,(H,31,33). The highest BCUT2D eigenvalue weighted by atomic mass is 32.2. The molecule has 0 aliphatic rings. The van der Waals surface area contributed by atoms with E-state index in [-0.39, 0.29) is 22.9 Å². The normalized spacial score (nSPS) is 10.9. The molecular weight excluding hydrogens is 516 g/mol. The van der Waals surface area contributed by atoms with Gasteiger partial charge >= 0.3 is 5.97 Å². The van der Waals surface area contributed by atoms with E-state index in [4.69, 9.17) is 4.74 Å². The lowest BCUT2D eigenvalue weighted by molar-refractivity contribution is -0.114. The van der Waals surface area contributed by atoms with Crippen molar-refractivity contribution in [3.8, 4) is 0 Å². The number of Topliss-reactive ketones (excluding diaryl/α,β-unsaturated/α-hetero) is 1. The molecule has 198 valence electrons. The highest BCUT2D eigenvalue weighted by Crippen LogP contribution is 2.26. The first kappa shape index (κ1) is 27.3. The number of sulfonamides is 1. The maximum absolute atomic E-state index is 13.8. The van der Waals surface area contributed by atoms with Gasteiger partial charge in [-0.25, -0.2) is 13.2 Å². The first-order chi connectivity index (χ1) is 18.7. The van der Waals surface area contributed by atoms with Crippen LogP contribution in [0.3, 0.4) is 0 Å². The fraction of sp³-hybridized carbons (Fsp3) is 0.100. The summed E-state index contributed by atoms with van der Waals surface area (Å²) in [5.74, 6) is -1.51. The van der Waals surface area contributed by atoms with E-state index in [0.29, 0.717) is 16.9 Å². The summed E-state index contributed by atoms with van der Waals surface area (Å²) in [7, 11) is -4.07. The molecule has 4 aromatic rings. The quantitative estimate of drug-likeness (QED) is 0.221. The smallest absolute Gasteiger partial charge is 0.338 e. The largest absolute Gasteiger partial charge is 0.454 e. The second kappa shape index (κ2) is 12.2. The third-order valence-corrected chi connectivity index (χ3v) is 7.50. The SMILES string of the molecule is CC(=O)Nc1ccc(C(=O)COC(=O)c2cccc(S(=O)(=O)N(Cc3ccccc3)c3ccccc3)c2)cc1. The molecule has 0 saturated carbocycles. The zero-order chi connectivity index (χ0) is 27.8. The molecule has 4 rings (SSSR count). The molecule has 0 spiro atoms. The van der Waals surface area contributed by atoms with Crippen LogP contribution in [0.15, 0.2) is 114 Å². The number of para-hydroxylation sites is 1. The Morgan fingerprint density at radius 3 is 2.05 bits per heavy atom. The van der Waals surface area contributed by atoms with Gasteiger partial charge in [0.2, 0.25) is 5.91 Å². The summed E-state index contributed by atoms with van der Waals surface area (Å²) in [5, 5.41) is 2.60. The van der Waals surface area contributed by atoms with Crippen molar-refractivity contribution < 1.29 is 27.5 Å². The highest BCUT2D eigenvalue weighted by molar-refractivity contribution is 7.92. The third kappa shape index (κ3) is 6.97. The molecule has 39 heavy (non-hydrogen) atoms. The van der Waals surface area contributed by atoms with Crippen LogP contribution in [-0.2, 0) is 26.1 Å². The van der Waals surface area contributed by atoms with Gasteiger partial charge in [0.1, 0.15) is 0 Å². The molecule has 4 aromatic carbocycles. The van der Waals surface area contributed by atoms with Crippen molar-refractivity contribution in [2.75, 3.05) is 16.2 Å². The fourth-order valence-electron chi connectivity index (χ4n) is 3.81. The summed E-state index contributed by atoms with van der Waals surface area (Å²) in [6, 6.07) is 29.6. The minimum absolute atomic E-state index is 0.00222. The Labute approximate surface area is 226 Å². The van der Waals surface area contributed by atoms with Crippen molar-refractivity contribution >= 4 is 39.1 Å². The summed E-state index contributed by atoms with van der Waals surface area (Å²) in [6.07, 6.45) is 0. The number of nitrogens with zero attached hydrogens (tertiary/aromatic N) is 1. The van der Waals surface area contributed by atoms with Crippen molar-refractivity contribution in [1.29, 1.82) is 0 Å². The van der Waals surface area contributed by atoms with Gasteiger partial charge in [-0.2, -0.15) is 0 Å². The molecule has 8 nitrogen and oxygen atoms in total. The number of ether oxygens (including phenoxy) is 1. The molecule has 0 aliphatic carbocycles. The average molecular weight is 543 g/mol. The van der Waals surface area contributed by atoms with Gasteiger partial charge in [0.05, 0.1) is 22.7 Å². The van der Waals surface area contributed by atoms with Crippen molar-refractivity contribution in [3.63, 3.8) is 0 Å². The molecule has 0 fully saturated rings. The first-order valence-electron chi connectivity index (χ1n) is 12.0. The predicted molar refractivity (Wildman–Crippen MR) is 148 cm³/mol. The Morgan fingerprint density at radius 1 is 0.769 bits per heavy atom. The van der Waals surface area contributed by atoms with Crippen molar-refractivity contribution in [2.45, 2.75) is 18.4 Å².